The Morgan fingerprint density at radius 3 is 2.67 bits per heavy atom. The van der Waals surface area contributed by atoms with Gasteiger partial charge in [0.1, 0.15) is 0 Å². The molecule has 2 heterocycles. The van der Waals surface area contributed by atoms with Gasteiger partial charge in [-0.25, -0.2) is 0 Å². The first-order valence-corrected chi connectivity index (χ1v) is 7.94. The number of aryl methyl sites for hydroxylation is 1. The zero-order valence-electron chi connectivity index (χ0n) is 12.0. The van der Waals surface area contributed by atoms with E-state index in [2.05, 4.69) is 44.0 Å². The Morgan fingerprint density at radius 2 is 2.11 bits per heavy atom. The number of thiophene rings is 1. The minimum absolute atomic E-state index is 0.190. The van der Waals surface area contributed by atoms with Crippen LogP contribution in [0.3, 0.4) is 0 Å². The molecule has 0 aliphatic carbocycles. The standard InChI is InChI=1S/C15H26N2S/c1-10-5-6-12(3)17(9-10)14(13(4)16)15-11(2)7-8-18-15/h7-8,10,12-14H,5-6,9,16H2,1-4H3. The smallest absolute Gasteiger partial charge is 0.0595 e. The number of rotatable bonds is 3. The lowest BCUT2D eigenvalue weighted by molar-refractivity contribution is 0.0674. The van der Waals surface area contributed by atoms with Gasteiger partial charge in [0, 0.05) is 23.5 Å². The average Bonchev–Trinajstić information content (AvgIpc) is 2.70. The fourth-order valence-electron chi connectivity index (χ4n) is 3.09. The number of hydrogen-bond acceptors (Lipinski definition) is 3. The Kier molecular flexibility index (Phi) is 4.46. The molecule has 4 atom stereocenters. The van der Waals surface area contributed by atoms with E-state index in [4.69, 9.17) is 5.73 Å². The molecule has 2 nitrogen and oxygen atoms in total. The van der Waals surface area contributed by atoms with Crippen LogP contribution in [0.15, 0.2) is 11.4 Å². The summed E-state index contributed by atoms with van der Waals surface area (Å²) >= 11 is 1.86. The van der Waals surface area contributed by atoms with Crippen molar-refractivity contribution < 1.29 is 0 Å². The van der Waals surface area contributed by atoms with Gasteiger partial charge in [0.15, 0.2) is 0 Å². The molecular weight excluding hydrogens is 240 g/mol. The third-order valence-electron chi connectivity index (χ3n) is 4.19. The van der Waals surface area contributed by atoms with Gasteiger partial charge < -0.3 is 5.73 Å². The highest BCUT2D eigenvalue weighted by Crippen LogP contribution is 2.36. The predicted molar refractivity (Wildman–Crippen MR) is 80.0 cm³/mol. The van der Waals surface area contributed by atoms with Gasteiger partial charge in [-0.2, -0.15) is 0 Å². The van der Waals surface area contributed by atoms with Crippen LogP contribution in [0.25, 0.3) is 0 Å². The monoisotopic (exact) mass is 266 g/mol. The molecule has 0 bridgehead atoms. The fraction of sp³-hybridized carbons (Fsp3) is 0.733. The number of nitrogens with zero attached hydrogens (tertiary/aromatic N) is 1. The molecule has 2 rings (SSSR count). The summed E-state index contributed by atoms with van der Waals surface area (Å²) in [7, 11) is 0. The molecule has 0 spiro atoms. The molecule has 0 amide bonds. The van der Waals surface area contributed by atoms with Crippen LogP contribution in [-0.4, -0.2) is 23.5 Å². The molecule has 18 heavy (non-hydrogen) atoms. The van der Waals surface area contributed by atoms with E-state index < -0.39 is 0 Å². The summed E-state index contributed by atoms with van der Waals surface area (Å²) in [4.78, 5) is 4.10. The Hall–Kier alpha value is -0.380. The maximum atomic E-state index is 6.30. The van der Waals surface area contributed by atoms with Gasteiger partial charge in [-0.15, -0.1) is 11.3 Å². The zero-order valence-corrected chi connectivity index (χ0v) is 12.8. The maximum absolute atomic E-state index is 6.30. The van der Waals surface area contributed by atoms with Gasteiger partial charge in [-0.1, -0.05) is 6.92 Å². The zero-order chi connectivity index (χ0) is 13.3. The molecule has 1 fully saturated rings. The van der Waals surface area contributed by atoms with Crippen molar-refractivity contribution in [2.24, 2.45) is 11.7 Å². The molecule has 0 aromatic carbocycles. The van der Waals surface area contributed by atoms with Crippen LogP contribution in [0.1, 0.15) is 50.1 Å². The van der Waals surface area contributed by atoms with E-state index in [1.807, 2.05) is 11.3 Å². The van der Waals surface area contributed by atoms with Crippen LogP contribution < -0.4 is 5.73 Å². The third kappa shape index (κ3) is 2.79. The average molecular weight is 266 g/mol. The molecule has 1 aromatic rings. The first-order valence-electron chi connectivity index (χ1n) is 7.06. The van der Waals surface area contributed by atoms with Crippen LogP contribution in [0.5, 0.6) is 0 Å². The topological polar surface area (TPSA) is 29.3 Å². The summed E-state index contributed by atoms with van der Waals surface area (Å²) in [6.07, 6.45) is 2.65. The largest absolute Gasteiger partial charge is 0.326 e. The summed E-state index contributed by atoms with van der Waals surface area (Å²) in [5, 5.41) is 2.19. The molecule has 0 saturated carbocycles. The van der Waals surface area contributed by atoms with Crippen molar-refractivity contribution in [3.63, 3.8) is 0 Å². The molecule has 1 aromatic heterocycles. The second-order valence-corrected chi connectivity index (χ2v) is 6.95. The molecule has 1 aliphatic heterocycles. The lowest BCUT2D eigenvalue weighted by Gasteiger charge is -2.43. The third-order valence-corrected chi connectivity index (χ3v) is 5.28. The fourth-order valence-corrected chi connectivity index (χ4v) is 4.25. The summed E-state index contributed by atoms with van der Waals surface area (Å²) in [5.41, 5.74) is 7.70. The number of piperidine rings is 1. The highest BCUT2D eigenvalue weighted by molar-refractivity contribution is 7.10. The van der Waals surface area contributed by atoms with Crippen molar-refractivity contribution in [1.29, 1.82) is 0 Å². The SMILES string of the molecule is Cc1ccsc1C(C(C)N)N1CC(C)CCC1C. The van der Waals surface area contributed by atoms with E-state index in [0.717, 1.165) is 5.92 Å². The van der Waals surface area contributed by atoms with E-state index in [1.54, 1.807) is 0 Å². The van der Waals surface area contributed by atoms with Crippen molar-refractivity contribution in [2.45, 2.75) is 58.7 Å². The highest BCUT2D eigenvalue weighted by Gasteiger charge is 2.33. The molecule has 3 heteroatoms. The first kappa shape index (κ1) is 14.0. The van der Waals surface area contributed by atoms with Crippen molar-refractivity contribution in [1.82, 2.24) is 4.90 Å². The molecule has 0 radical (unpaired) electrons. The second-order valence-electron chi connectivity index (χ2n) is 6.00. The summed E-state index contributed by atoms with van der Waals surface area (Å²) in [5.74, 6) is 0.794. The van der Waals surface area contributed by atoms with Gasteiger partial charge in [-0.05, 0) is 56.5 Å². The Bertz CT molecular complexity index is 386. The van der Waals surface area contributed by atoms with Gasteiger partial charge in [0.2, 0.25) is 0 Å². The van der Waals surface area contributed by atoms with E-state index in [-0.39, 0.29) is 6.04 Å². The Morgan fingerprint density at radius 1 is 1.39 bits per heavy atom. The molecular formula is C15H26N2S. The summed E-state index contributed by atoms with van der Waals surface area (Å²) in [6, 6.07) is 3.45. The van der Waals surface area contributed by atoms with Crippen molar-refractivity contribution >= 4 is 11.3 Å². The van der Waals surface area contributed by atoms with Crippen LogP contribution in [0.4, 0.5) is 0 Å². The van der Waals surface area contributed by atoms with E-state index in [9.17, 15) is 0 Å². The van der Waals surface area contributed by atoms with E-state index >= 15 is 0 Å². The Balaban J connectivity index is 2.27. The van der Waals surface area contributed by atoms with Gasteiger partial charge in [0.25, 0.3) is 0 Å². The van der Waals surface area contributed by atoms with Gasteiger partial charge in [-0.3, -0.25) is 4.90 Å². The quantitative estimate of drug-likeness (QED) is 0.906. The maximum Gasteiger partial charge on any atom is 0.0595 e. The predicted octanol–water partition coefficient (Wildman–Crippen LogP) is 3.57. The van der Waals surface area contributed by atoms with Crippen molar-refractivity contribution in [3.8, 4) is 0 Å². The van der Waals surface area contributed by atoms with Gasteiger partial charge in [0.05, 0.1) is 6.04 Å². The number of likely N-dealkylation sites (tertiary alicyclic amines) is 1. The van der Waals surface area contributed by atoms with E-state index in [1.165, 1.54) is 29.8 Å². The van der Waals surface area contributed by atoms with Crippen LogP contribution in [0, 0.1) is 12.8 Å². The van der Waals surface area contributed by atoms with Crippen LogP contribution >= 0.6 is 11.3 Å². The normalized spacial score (nSPS) is 29.2. The molecule has 1 saturated heterocycles. The lowest BCUT2D eigenvalue weighted by Crippen LogP contribution is -2.48. The van der Waals surface area contributed by atoms with Crippen LogP contribution in [-0.2, 0) is 0 Å². The molecule has 4 unspecified atom stereocenters. The minimum Gasteiger partial charge on any atom is -0.326 e. The highest BCUT2D eigenvalue weighted by atomic mass is 32.1. The summed E-state index contributed by atoms with van der Waals surface area (Å²) in [6.45, 7) is 10.3. The van der Waals surface area contributed by atoms with Crippen molar-refractivity contribution in [2.75, 3.05) is 6.54 Å². The Labute approximate surface area is 115 Å². The lowest BCUT2D eigenvalue weighted by atomic mass is 9.91. The summed E-state index contributed by atoms with van der Waals surface area (Å²) < 4.78 is 0. The first-order chi connectivity index (χ1) is 8.50. The molecule has 2 N–H and O–H groups in total. The van der Waals surface area contributed by atoms with Crippen molar-refractivity contribution in [3.05, 3.63) is 21.9 Å². The number of nitrogens with two attached hydrogens (primary N) is 1. The second kappa shape index (κ2) is 5.72. The minimum atomic E-state index is 0.190. The number of hydrogen-bond donors (Lipinski definition) is 1. The van der Waals surface area contributed by atoms with E-state index in [0.29, 0.717) is 12.1 Å². The molecule has 102 valence electrons. The van der Waals surface area contributed by atoms with Crippen LogP contribution in [0.2, 0.25) is 0 Å². The van der Waals surface area contributed by atoms with Gasteiger partial charge >= 0.3 is 0 Å². The molecule has 1 aliphatic rings.